The molecule has 0 heterocycles. The summed E-state index contributed by atoms with van der Waals surface area (Å²) in [6.07, 6.45) is -2.95. The van der Waals surface area contributed by atoms with E-state index in [9.17, 15) is 22.8 Å². The van der Waals surface area contributed by atoms with E-state index in [0.29, 0.717) is 23.7 Å². The van der Waals surface area contributed by atoms with Crippen LogP contribution in [0, 0.1) is 0 Å². The first kappa shape index (κ1) is 27.3. The molecular weight excluding hydrogens is 489 g/mol. The molecule has 0 radical (unpaired) electrons. The van der Waals surface area contributed by atoms with E-state index in [2.05, 4.69) is 10.6 Å². The first-order chi connectivity index (χ1) is 17.7. The second-order valence-electron chi connectivity index (χ2n) is 7.64. The van der Waals surface area contributed by atoms with Crippen LogP contribution in [0.15, 0.2) is 78.5 Å². The molecule has 0 saturated carbocycles. The molecule has 0 aliphatic carbocycles. The van der Waals surface area contributed by atoms with Crippen molar-refractivity contribution in [2.45, 2.75) is 13.1 Å². The largest absolute Gasteiger partial charge is 0.494 e. The molecule has 3 aromatic carbocycles. The normalized spacial score (nSPS) is 11.5. The van der Waals surface area contributed by atoms with Gasteiger partial charge >= 0.3 is 6.18 Å². The highest BCUT2D eigenvalue weighted by Crippen LogP contribution is 2.31. The third kappa shape index (κ3) is 8.11. The Morgan fingerprint density at radius 2 is 1.46 bits per heavy atom. The van der Waals surface area contributed by atoms with Gasteiger partial charge in [0.15, 0.2) is 0 Å². The van der Waals surface area contributed by atoms with Crippen molar-refractivity contribution in [3.63, 3.8) is 0 Å². The lowest BCUT2D eigenvalue weighted by atomic mass is 10.1. The Morgan fingerprint density at radius 3 is 2.00 bits per heavy atom. The van der Waals surface area contributed by atoms with Crippen LogP contribution in [0.3, 0.4) is 0 Å². The van der Waals surface area contributed by atoms with Gasteiger partial charge in [0.25, 0.3) is 11.8 Å². The standard InChI is InChI=1S/C27H25F3N2O5/c1-2-36-21-9-3-18(4-10-21)17-24(26(35)31-15-16-33)32-25(34)19-5-11-22(12-6-19)37-23-13-7-20(8-14-23)27(28,29)30/h3-14,17,33H,2,15-16H2,1H3,(H,31,35)(H,32,34). The van der Waals surface area contributed by atoms with E-state index in [0.717, 1.165) is 12.1 Å². The maximum Gasteiger partial charge on any atom is 0.416 e. The molecule has 0 unspecified atom stereocenters. The van der Waals surface area contributed by atoms with E-state index < -0.39 is 23.6 Å². The third-order valence-corrected chi connectivity index (χ3v) is 4.93. The van der Waals surface area contributed by atoms with Crippen LogP contribution in [-0.2, 0) is 11.0 Å². The zero-order valence-corrected chi connectivity index (χ0v) is 19.8. The molecule has 2 amide bonds. The van der Waals surface area contributed by atoms with Crippen molar-refractivity contribution in [3.05, 3.63) is 95.2 Å². The number of ether oxygens (including phenoxy) is 2. The number of aliphatic hydroxyl groups is 1. The lowest BCUT2D eigenvalue weighted by molar-refractivity contribution is -0.137. The first-order valence-corrected chi connectivity index (χ1v) is 11.3. The van der Waals surface area contributed by atoms with Gasteiger partial charge in [-0.15, -0.1) is 0 Å². The van der Waals surface area contributed by atoms with Gasteiger partial charge in [0.2, 0.25) is 0 Å². The average Bonchev–Trinajstić information content (AvgIpc) is 2.88. The number of carbonyl (C=O) groups excluding carboxylic acids is 2. The van der Waals surface area contributed by atoms with Crippen LogP contribution in [0.2, 0.25) is 0 Å². The fourth-order valence-corrected chi connectivity index (χ4v) is 3.13. The maximum absolute atomic E-state index is 12.8. The van der Waals surface area contributed by atoms with Crippen LogP contribution in [0.5, 0.6) is 17.2 Å². The van der Waals surface area contributed by atoms with Gasteiger partial charge in [0.05, 0.1) is 18.8 Å². The molecule has 3 aromatic rings. The average molecular weight is 515 g/mol. The number of hydrogen-bond donors (Lipinski definition) is 3. The van der Waals surface area contributed by atoms with Crippen LogP contribution in [0.1, 0.15) is 28.4 Å². The summed E-state index contributed by atoms with van der Waals surface area (Å²) >= 11 is 0. The van der Waals surface area contributed by atoms with Crippen LogP contribution < -0.4 is 20.1 Å². The number of carbonyl (C=O) groups is 2. The minimum absolute atomic E-state index is 0.00527. The van der Waals surface area contributed by atoms with Gasteiger partial charge < -0.3 is 25.2 Å². The Kier molecular flexibility index (Phi) is 9.28. The third-order valence-electron chi connectivity index (χ3n) is 4.93. The summed E-state index contributed by atoms with van der Waals surface area (Å²) in [7, 11) is 0. The molecule has 0 aliphatic heterocycles. The van der Waals surface area contributed by atoms with Gasteiger partial charge in [-0.25, -0.2) is 0 Å². The molecular formula is C27H25F3N2O5. The highest BCUT2D eigenvalue weighted by molar-refractivity contribution is 6.05. The number of alkyl halides is 3. The summed E-state index contributed by atoms with van der Waals surface area (Å²) in [6, 6.07) is 17.0. The molecule has 0 spiro atoms. The molecule has 0 aromatic heterocycles. The minimum Gasteiger partial charge on any atom is -0.494 e. The van der Waals surface area contributed by atoms with Gasteiger partial charge in [-0.2, -0.15) is 13.2 Å². The number of amides is 2. The molecule has 3 rings (SSSR count). The summed E-state index contributed by atoms with van der Waals surface area (Å²) < 4.78 is 49.1. The number of aliphatic hydroxyl groups excluding tert-OH is 1. The Balaban J connectivity index is 1.72. The van der Waals surface area contributed by atoms with Crippen molar-refractivity contribution in [1.82, 2.24) is 10.6 Å². The Labute approximate surface area is 211 Å². The SMILES string of the molecule is CCOc1ccc(C=C(NC(=O)c2ccc(Oc3ccc(C(F)(F)F)cc3)cc2)C(=O)NCCO)cc1. The summed E-state index contributed by atoms with van der Waals surface area (Å²) in [5.41, 5.74) is 0.0298. The van der Waals surface area contributed by atoms with Gasteiger partial charge in [-0.3, -0.25) is 9.59 Å². The molecule has 0 atom stereocenters. The molecule has 7 nitrogen and oxygen atoms in total. The number of hydrogen-bond acceptors (Lipinski definition) is 5. The van der Waals surface area contributed by atoms with Crippen molar-refractivity contribution in [2.24, 2.45) is 0 Å². The highest BCUT2D eigenvalue weighted by atomic mass is 19.4. The summed E-state index contributed by atoms with van der Waals surface area (Å²) in [4.78, 5) is 25.4. The van der Waals surface area contributed by atoms with E-state index in [1.807, 2.05) is 6.92 Å². The molecule has 0 saturated heterocycles. The van der Waals surface area contributed by atoms with E-state index in [-0.39, 0.29) is 30.2 Å². The molecule has 0 aliphatic rings. The maximum atomic E-state index is 12.8. The first-order valence-electron chi connectivity index (χ1n) is 11.3. The van der Waals surface area contributed by atoms with E-state index >= 15 is 0 Å². The summed E-state index contributed by atoms with van der Waals surface area (Å²) in [6.45, 7) is 2.11. The fourth-order valence-electron chi connectivity index (χ4n) is 3.13. The summed E-state index contributed by atoms with van der Waals surface area (Å²) in [5.74, 6) is 0.0120. The van der Waals surface area contributed by atoms with Crippen LogP contribution in [0.25, 0.3) is 6.08 Å². The quantitative estimate of drug-likeness (QED) is 0.339. The van der Waals surface area contributed by atoms with Crippen molar-refractivity contribution < 1.29 is 37.3 Å². The van der Waals surface area contributed by atoms with Crippen LogP contribution in [0.4, 0.5) is 13.2 Å². The second-order valence-corrected chi connectivity index (χ2v) is 7.64. The lowest BCUT2D eigenvalue weighted by Crippen LogP contribution is -2.36. The smallest absolute Gasteiger partial charge is 0.416 e. The van der Waals surface area contributed by atoms with Gasteiger partial charge in [0, 0.05) is 12.1 Å². The Morgan fingerprint density at radius 1 is 0.892 bits per heavy atom. The summed E-state index contributed by atoms with van der Waals surface area (Å²) in [5, 5.41) is 14.1. The molecule has 0 bridgehead atoms. The van der Waals surface area contributed by atoms with Crippen LogP contribution in [-0.4, -0.2) is 36.7 Å². The minimum atomic E-state index is -4.44. The number of rotatable bonds is 10. The molecule has 194 valence electrons. The molecule has 37 heavy (non-hydrogen) atoms. The number of halogens is 3. The molecule has 0 fully saturated rings. The number of nitrogens with one attached hydrogen (secondary N) is 2. The Bertz CT molecular complexity index is 1220. The number of benzene rings is 3. The second kappa shape index (κ2) is 12.6. The van der Waals surface area contributed by atoms with Crippen molar-refractivity contribution >= 4 is 17.9 Å². The van der Waals surface area contributed by atoms with E-state index in [4.69, 9.17) is 14.6 Å². The van der Waals surface area contributed by atoms with Gasteiger partial charge in [-0.1, -0.05) is 12.1 Å². The molecule has 10 heteroatoms. The van der Waals surface area contributed by atoms with Crippen molar-refractivity contribution in [3.8, 4) is 17.2 Å². The zero-order valence-electron chi connectivity index (χ0n) is 19.8. The van der Waals surface area contributed by atoms with Crippen LogP contribution >= 0.6 is 0 Å². The predicted octanol–water partition coefficient (Wildman–Crippen LogP) is 4.78. The van der Waals surface area contributed by atoms with Crippen molar-refractivity contribution in [1.29, 1.82) is 0 Å². The Hall–Kier alpha value is -4.31. The zero-order chi connectivity index (χ0) is 26.8. The molecule has 3 N–H and O–H groups in total. The predicted molar refractivity (Wildman–Crippen MR) is 131 cm³/mol. The van der Waals surface area contributed by atoms with Crippen molar-refractivity contribution in [2.75, 3.05) is 19.8 Å². The van der Waals surface area contributed by atoms with E-state index in [1.54, 1.807) is 24.3 Å². The lowest BCUT2D eigenvalue weighted by Gasteiger charge is -2.12. The monoisotopic (exact) mass is 514 g/mol. The highest BCUT2D eigenvalue weighted by Gasteiger charge is 2.30. The van der Waals surface area contributed by atoms with E-state index in [1.165, 1.54) is 42.5 Å². The van der Waals surface area contributed by atoms with Gasteiger partial charge in [0.1, 0.15) is 22.9 Å². The van der Waals surface area contributed by atoms with Gasteiger partial charge in [-0.05, 0) is 79.2 Å². The fraction of sp³-hybridized carbons (Fsp3) is 0.185. The topological polar surface area (TPSA) is 96.9 Å².